The standard InChI is InChI=1S/C27H30N6O7S/c1-17-5-6-21(13-18(17)2)31-27(37)26(36)28-14-22-9-10-23(40-22)15-29-32-25(35)16-33(4)41(38,39)24-11-7-20(8-12-24)30-19(3)34/h5-13,15H,14,16H2,1-4H3,(H,28,36)(H,30,34)(H,31,37)(H,32,35)/b29-15-. The SMILES string of the molecule is CC(=O)Nc1ccc(S(=O)(=O)N(C)CC(=O)N/N=C\c2ccc(CNC(=O)C(=O)Nc3ccc(C)c(C)c3)o2)cc1. The highest BCUT2D eigenvalue weighted by Gasteiger charge is 2.23. The number of sulfonamides is 1. The number of hydrazone groups is 1. The van der Waals surface area contributed by atoms with E-state index in [1.165, 1.54) is 50.5 Å². The van der Waals surface area contributed by atoms with Crippen LogP contribution in [0, 0.1) is 13.8 Å². The fourth-order valence-corrected chi connectivity index (χ4v) is 4.52. The molecule has 0 aliphatic heterocycles. The average Bonchev–Trinajstić information content (AvgIpc) is 3.37. The second kappa shape index (κ2) is 13.5. The Morgan fingerprint density at radius 1 is 0.902 bits per heavy atom. The first kappa shape index (κ1) is 30.7. The van der Waals surface area contributed by atoms with Gasteiger partial charge in [0.15, 0.2) is 0 Å². The van der Waals surface area contributed by atoms with Crippen LogP contribution >= 0.6 is 0 Å². The van der Waals surface area contributed by atoms with Gasteiger partial charge in [0.1, 0.15) is 11.5 Å². The van der Waals surface area contributed by atoms with Crippen molar-refractivity contribution in [2.75, 3.05) is 24.2 Å². The number of amides is 4. The molecule has 0 atom stereocenters. The third kappa shape index (κ3) is 8.84. The highest BCUT2D eigenvalue weighted by Crippen LogP contribution is 2.17. The van der Waals surface area contributed by atoms with Crippen LogP contribution in [0.5, 0.6) is 0 Å². The van der Waals surface area contributed by atoms with Gasteiger partial charge in [-0.2, -0.15) is 9.41 Å². The first-order chi connectivity index (χ1) is 19.3. The van der Waals surface area contributed by atoms with E-state index in [1.807, 2.05) is 19.9 Å². The summed E-state index contributed by atoms with van der Waals surface area (Å²) in [6.07, 6.45) is 1.20. The Morgan fingerprint density at radius 2 is 1.59 bits per heavy atom. The number of nitrogens with one attached hydrogen (secondary N) is 4. The zero-order valence-electron chi connectivity index (χ0n) is 22.8. The molecule has 41 heavy (non-hydrogen) atoms. The molecular weight excluding hydrogens is 552 g/mol. The number of furan rings is 1. The van der Waals surface area contributed by atoms with Crippen LogP contribution in [0.1, 0.15) is 29.6 Å². The van der Waals surface area contributed by atoms with Gasteiger partial charge in [-0.05, 0) is 73.5 Å². The van der Waals surface area contributed by atoms with Crippen LogP contribution in [-0.2, 0) is 35.7 Å². The van der Waals surface area contributed by atoms with Gasteiger partial charge in [-0.3, -0.25) is 19.2 Å². The number of benzene rings is 2. The highest BCUT2D eigenvalue weighted by molar-refractivity contribution is 7.89. The molecular formula is C27H30N6O7S. The zero-order chi connectivity index (χ0) is 30.2. The molecule has 4 N–H and O–H groups in total. The number of carbonyl (C=O) groups excluding carboxylic acids is 4. The van der Waals surface area contributed by atoms with Gasteiger partial charge in [-0.1, -0.05) is 6.07 Å². The normalized spacial score (nSPS) is 11.3. The molecule has 0 saturated carbocycles. The molecule has 0 aliphatic carbocycles. The van der Waals surface area contributed by atoms with Crippen molar-refractivity contribution in [3.05, 3.63) is 77.2 Å². The lowest BCUT2D eigenvalue weighted by Crippen LogP contribution is -2.36. The van der Waals surface area contributed by atoms with E-state index < -0.39 is 34.3 Å². The smallest absolute Gasteiger partial charge is 0.313 e. The first-order valence-electron chi connectivity index (χ1n) is 12.3. The maximum Gasteiger partial charge on any atom is 0.313 e. The third-order valence-corrected chi connectivity index (χ3v) is 7.52. The molecule has 0 fully saturated rings. The van der Waals surface area contributed by atoms with Crippen LogP contribution in [0.2, 0.25) is 0 Å². The predicted molar refractivity (Wildman–Crippen MR) is 151 cm³/mol. The molecule has 13 nitrogen and oxygen atoms in total. The van der Waals surface area contributed by atoms with Gasteiger partial charge >= 0.3 is 11.8 Å². The number of rotatable bonds is 10. The summed E-state index contributed by atoms with van der Waals surface area (Å²) in [5, 5.41) is 11.3. The summed E-state index contributed by atoms with van der Waals surface area (Å²) in [7, 11) is -2.72. The second-order valence-electron chi connectivity index (χ2n) is 9.00. The van der Waals surface area contributed by atoms with Crippen LogP contribution in [0.15, 0.2) is 69.0 Å². The lowest BCUT2D eigenvalue weighted by molar-refractivity contribution is -0.136. The Bertz CT molecular complexity index is 1580. The molecule has 0 aliphatic rings. The zero-order valence-corrected chi connectivity index (χ0v) is 23.7. The summed E-state index contributed by atoms with van der Waals surface area (Å²) in [4.78, 5) is 47.5. The van der Waals surface area contributed by atoms with E-state index >= 15 is 0 Å². The summed E-state index contributed by atoms with van der Waals surface area (Å²) < 4.78 is 31.8. The summed E-state index contributed by atoms with van der Waals surface area (Å²) in [6, 6.07) is 13.9. The molecule has 1 heterocycles. The molecule has 0 saturated heterocycles. The van der Waals surface area contributed by atoms with Crippen LogP contribution in [0.25, 0.3) is 0 Å². The fourth-order valence-electron chi connectivity index (χ4n) is 3.40. The number of likely N-dealkylation sites (N-methyl/N-ethyl adjacent to an activating group) is 1. The topological polar surface area (TPSA) is 179 Å². The number of carbonyl (C=O) groups is 4. The van der Waals surface area contributed by atoms with Crippen LogP contribution in [0.4, 0.5) is 11.4 Å². The molecule has 1 aromatic heterocycles. The van der Waals surface area contributed by atoms with Gasteiger partial charge < -0.3 is 20.4 Å². The van der Waals surface area contributed by atoms with Gasteiger partial charge in [0, 0.05) is 25.3 Å². The van der Waals surface area contributed by atoms with Crippen molar-refractivity contribution in [1.29, 1.82) is 0 Å². The molecule has 4 amide bonds. The van der Waals surface area contributed by atoms with Crippen LogP contribution in [0.3, 0.4) is 0 Å². The molecule has 2 aromatic carbocycles. The predicted octanol–water partition coefficient (Wildman–Crippen LogP) is 1.88. The number of hydrogen-bond acceptors (Lipinski definition) is 8. The van der Waals surface area contributed by atoms with Crippen molar-refractivity contribution in [2.24, 2.45) is 5.10 Å². The van der Waals surface area contributed by atoms with Crippen LogP contribution in [-0.4, -0.2) is 56.2 Å². The monoisotopic (exact) mass is 582 g/mol. The highest BCUT2D eigenvalue weighted by atomic mass is 32.2. The van der Waals surface area contributed by atoms with Crippen LogP contribution < -0.4 is 21.4 Å². The Hall–Kier alpha value is -4.82. The second-order valence-corrected chi connectivity index (χ2v) is 11.0. The van der Waals surface area contributed by atoms with E-state index in [1.54, 1.807) is 18.2 Å². The number of aryl methyl sites for hydroxylation is 2. The Morgan fingerprint density at radius 3 is 2.24 bits per heavy atom. The molecule has 0 spiro atoms. The third-order valence-electron chi connectivity index (χ3n) is 5.71. The van der Waals surface area contributed by atoms with Crippen molar-refractivity contribution >= 4 is 51.2 Å². The molecule has 3 aromatic rings. The van der Waals surface area contributed by atoms with Crippen molar-refractivity contribution in [3.63, 3.8) is 0 Å². The number of anilines is 2. The molecule has 0 bridgehead atoms. The number of nitrogens with zero attached hydrogens (tertiary/aromatic N) is 2. The van der Waals surface area contributed by atoms with E-state index in [-0.39, 0.29) is 23.1 Å². The summed E-state index contributed by atoms with van der Waals surface area (Å²) in [6.45, 7) is 4.60. The summed E-state index contributed by atoms with van der Waals surface area (Å²) in [5.41, 5.74) is 5.20. The van der Waals surface area contributed by atoms with Crippen molar-refractivity contribution in [1.82, 2.24) is 15.0 Å². The van der Waals surface area contributed by atoms with E-state index in [2.05, 4.69) is 26.5 Å². The van der Waals surface area contributed by atoms with Gasteiger partial charge in [0.2, 0.25) is 15.9 Å². The quantitative estimate of drug-likeness (QED) is 0.160. The van der Waals surface area contributed by atoms with E-state index in [9.17, 15) is 27.6 Å². The maximum atomic E-state index is 12.7. The van der Waals surface area contributed by atoms with E-state index in [0.717, 1.165) is 15.4 Å². The Balaban J connectivity index is 1.45. The van der Waals surface area contributed by atoms with Gasteiger partial charge in [-0.25, -0.2) is 13.8 Å². The lowest BCUT2D eigenvalue weighted by atomic mass is 10.1. The summed E-state index contributed by atoms with van der Waals surface area (Å²) in [5.74, 6) is -2.07. The number of hydrogen-bond donors (Lipinski definition) is 4. The fraction of sp³-hybridized carbons (Fsp3) is 0.222. The van der Waals surface area contributed by atoms with Crippen molar-refractivity contribution < 1.29 is 32.0 Å². The minimum Gasteiger partial charge on any atom is -0.458 e. The molecule has 216 valence electrons. The Kier molecular flexibility index (Phi) is 10.1. The largest absolute Gasteiger partial charge is 0.458 e. The first-order valence-corrected chi connectivity index (χ1v) is 13.7. The maximum absolute atomic E-state index is 12.7. The minimum atomic E-state index is -3.97. The average molecular weight is 583 g/mol. The van der Waals surface area contributed by atoms with Crippen molar-refractivity contribution in [2.45, 2.75) is 32.2 Å². The molecule has 3 rings (SSSR count). The van der Waals surface area contributed by atoms with Crippen molar-refractivity contribution in [3.8, 4) is 0 Å². The molecule has 14 heteroatoms. The van der Waals surface area contributed by atoms with E-state index in [4.69, 9.17) is 4.42 Å². The minimum absolute atomic E-state index is 0.0525. The van der Waals surface area contributed by atoms with Gasteiger partial charge in [-0.15, -0.1) is 0 Å². The van der Waals surface area contributed by atoms with Gasteiger partial charge in [0.25, 0.3) is 5.91 Å². The summed E-state index contributed by atoms with van der Waals surface area (Å²) >= 11 is 0. The molecule has 0 radical (unpaired) electrons. The Labute approximate surface area is 237 Å². The van der Waals surface area contributed by atoms with Gasteiger partial charge in [0.05, 0.1) is 24.2 Å². The molecule has 0 unspecified atom stereocenters. The van der Waals surface area contributed by atoms with E-state index in [0.29, 0.717) is 17.1 Å². The lowest BCUT2D eigenvalue weighted by Gasteiger charge is -2.16.